The molecule has 0 aliphatic heterocycles. The SMILES string of the molecule is CC(N)Cc1noc(-c2cc(Cl)ccc2Br)n1. The molecule has 0 saturated heterocycles. The van der Waals surface area contributed by atoms with Crippen LogP contribution in [0.25, 0.3) is 11.5 Å². The molecule has 0 fully saturated rings. The minimum atomic E-state index is 0.00301. The second-order valence-electron chi connectivity index (χ2n) is 3.82. The lowest BCUT2D eigenvalue weighted by atomic mass is 10.2. The Labute approximate surface area is 112 Å². The highest BCUT2D eigenvalue weighted by atomic mass is 79.9. The Morgan fingerprint density at radius 3 is 3.00 bits per heavy atom. The molecule has 0 saturated carbocycles. The third-order valence-electron chi connectivity index (χ3n) is 2.13. The highest BCUT2D eigenvalue weighted by Gasteiger charge is 2.13. The summed E-state index contributed by atoms with van der Waals surface area (Å²) >= 11 is 9.34. The Morgan fingerprint density at radius 2 is 2.29 bits per heavy atom. The van der Waals surface area contributed by atoms with Crippen LogP contribution in [0, 0.1) is 0 Å². The summed E-state index contributed by atoms with van der Waals surface area (Å²) in [5.74, 6) is 1.04. The molecule has 1 aromatic heterocycles. The van der Waals surface area contributed by atoms with Gasteiger partial charge in [0.1, 0.15) is 0 Å². The van der Waals surface area contributed by atoms with Crippen LogP contribution >= 0.6 is 27.5 Å². The van der Waals surface area contributed by atoms with Gasteiger partial charge in [0, 0.05) is 22.0 Å². The quantitative estimate of drug-likeness (QED) is 0.945. The van der Waals surface area contributed by atoms with Gasteiger partial charge in [-0.3, -0.25) is 0 Å². The molecule has 2 aromatic rings. The van der Waals surface area contributed by atoms with E-state index in [-0.39, 0.29) is 6.04 Å². The fourth-order valence-electron chi connectivity index (χ4n) is 1.40. The van der Waals surface area contributed by atoms with E-state index in [0.29, 0.717) is 23.2 Å². The van der Waals surface area contributed by atoms with Gasteiger partial charge in [0.2, 0.25) is 0 Å². The van der Waals surface area contributed by atoms with Crippen molar-refractivity contribution in [2.75, 3.05) is 0 Å². The summed E-state index contributed by atoms with van der Waals surface area (Å²) in [6.07, 6.45) is 0.585. The standard InChI is InChI=1S/C11H11BrClN3O/c1-6(14)4-10-15-11(17-16-10)8-5-7(13)2-3-9(8)12/h2-3,5-6H,4,14H2,1H3. The van der Waals surface area contributed by atoms with Gasteiger partial charge in [-0.05, 0) is 41.1 Å². The van der Waals surface area contributed by atoms with E-state index >= 15 is 0 Å². The van der Waals surface area contributed by atoms with E-state index in [9.17, 15) is 0 Å². The van der Waals surface area contributed by atoms with E-state index in [4.69, 9.17) is 21.9 Å². The first-order valence-electron chi connectivity index (χ1n) is 5.10. The zero-order valence-corrected chi connectivity index (χ0v) is 11.5. The molecule has 1 aromatic carbocycles. The Balaban J connectivity index is 2.33. The zero-order valence-electron chi connectivity index (χ0n) is 9.15. The number of nitrogens with zero attached hydrogens (tertiary/aromatic N) is 2. The lowest BCUT2D eigenvalue weighted by Crippen LogP contribution is -2.18. The third-order valence-corrected chi connectivity index (χ3v) is 3.06. The second-order valence-corrected chi connectivity index (χ2v) is 5.11. The van der Waals surface area contributed by atoms with Gasteiger partial charge in [-0.2, -0.15) is 4.98 Å². The summed E-state index contributed by atoms with van der Waals surface area (Å²) in [7, 11) is 0. The Hall–Kier alpha value is -0.910. The van der Waals surface area contributed by atoms with E-state index in [2.05, 4.69) is 26.1 Å². The van der Waals surface area contributed by atoms with Crippen LogP contribution in [-0.2, 0) is 6.42 Å². The molecule has 2 N–H and O–H groups in total. The third kappa shape index (κ3) is 3.06. The minimum Gasteiger partial charge on any atom is -0.334 e. The molecule has 0 amide bonds. The molecule has 90 valence electrons. The van der Waals surface area contributed by atoms with Crippen LogP contribution in [-0.4, -0.2) is 16.2 Å². The minimum absolute atomic E-state index is 0.00301. The maximum atomic E-state index is 5.93. The molecule has 1 heterocycles. The van der Waals surface area contributed by atoms with Crippen molar-refractivity contribution in [1.29, 1.82) is 0 Å². The summed E-state index contributed by atoms with van der Waals surface area (Å²) in [4.78, 5) is 4.28. The van der Waals surface area contributed by atoms with Gasteiger partial charge in [-0.15, -0.1) is 0 Å². The van der Waals surface area contributed by atoms with Gasteiger partial charge in [-0.25, -0.2) is 0 Å². The fraction of sp³-hybridized carbons (Fsp3) is 0.273. The first kappa shape index (κ1) is 12.5. The molecule has 6 heteroatoms. The van der Waals surface area contributed by atoms with Crippen molar-refractivity contribution in [2.45, 2.75) is 19.4 Å². The van der Waals surface area contributed by atoms with Crippen LogP contribution in [0.4, 0.5) is 0 Å². The van der Waals surface area contributed by atoms with E-state index in [0.717, 1.165) is 10.0 Å². The summed E-state index contributed by atoms with van der Waals surface area (Å²) < 4.78 is 6.04. The van der Waals surface area contributed by atoms with Crippen LogP contribution in [0.2, 0.25) is 5.02 Å². The molecular formula is C11H11BrClN3O. The number of hydrogen-bond donors (Lipinski definition) is 1. The van der Waals surface area contributed by atoms with Gasteiger partial charge in [0.25, 0.3) is 5.89 Å². The number of nitrogens with two attached hydrogens (primary N) is 1. The van der Waals surface area contributed by atoms with Gasteiger partial charge < -0.3 is 10.3 Å². The number of benzene rings is 1. The molecule has 1 atom stereocenters. The smallest absolute Gasteiger partial charge is 0.259 e. The molecule has 0 radical (unpaired) electrons. The Kier molecular flexibility index (Phi) is 3.81. The van der Waals surface area contributed by atoms with Crippen LogP contribution < -0.4 is 5.73 Å². The van der Waals surface area contributed by atoms with Crippen molar-refractivity contribution in [1.82, 2.24) is 10.1 Å². The predicted molar refractivity (Wildman–Crippen MR) is 69.8 cm³/mol. The van der Waals surface area contributed by atoms with Crippen LogP contribution in [0.5, 0.6) is 0 Å². The zero-order chi connectivity index (χ0) is 12.4. The van der Waals surface area contributed by atoms with E-state index in [1.54, 1.807) is 12.1 Å². The van der Waals surface area contributed by atoms with Crippen molar-refractivity contribution in [2.24, 2.45) is 5.73 Å². The molecule has 0 aliphatic carbocycles. The van der Waals surface area contributed by atoms with Crippen molar-refractivity contribution < 1.29 is 4.52 Å². The summed E-state index contributed by atoms with van der Waals surface area (Å²) in [6.45, 7) is 1.89. The largest absolute Gasteiger partial charge is 0.334 e. The number of halogens is 2. The van der Waals surface area contributed by atoms with Crippen molar-refractivity contribution in [3.63, 3.8) is 0 Å². The second kappa shape index (κ2) is 5.16. The molecule has 17 heavy (non-hydrogen) atoms. The number of hydrogen-bond acceptors (Lipinski definition) is 4. The number of rotatable bonds is 3. The van der Waals surface area contributed by atoms with Gasteiger partial charge >= 0.3 is 0 Å². The number of aromatic nitrogens is 2. The van der Waals surface area contributed by atoms with E-state index < -0.39 is 0 Å². The van der Waals surface area contributed by atoms with Gasteiger partial charge in [0.05, 0.1) is 5.56 Å². The van der Waals surface area contributed by atoms with Crippen molar-refractivity contribution >= 4 is 27.5 Å². The van der Waals surface area contributed by atoms with Crippen LogP contribution in [0.15, 0.2) is 27.2 Å². The maximum Gasteiger partial charge on any atom is 0.259 e. The molecule has 0 bridgehead atoms. The van der Waals surface area contributed by atoms with Crippen molar-refractivity contribution in [3.8, 4) is 11.5 Å². The summed E-state index contributed by atoms with van der Waals surface area (Å²) in [5.41, 5.74) is 6.45. The monoisotopic (exact) mass is 315 g/mol. The summed E-state index contributed by atoms with van der Waals surface area (Å²) in [5, 5.41) is 4.49. The Morgan fingerprint density at radius 1 is 1.53 bits per heavy atom. The predicted octanol–water partition coefficient (Wildman–Crippen LogP) is 3.04. The topological polar surface area (TPSA) is 64.9 Å². The molecule has 0 spiro atoms. The van der Waals surface area contributed by atoms with E-state index in [1.807, 2.05) is 13.0 Å². The van der Waals surface area contributed by atoms with Gasteiger partial charge in [-0.1, -0.05) is 16.8 Å². The molecule has 2 rings (SSSR count). The highest BCUT2D eigenvalue weighted by molar-refractivity contribution is 9.10. The van der Waals surface area contributed by atoms with E-state index in [1.165, 1.54) is 0 Å². The molecule has 0 aliphatic rings. The van der Waals surface area contributed by atoms with Gasteiger partial charge in [0.15, 0.2) is 5.82 Å². The summed E-state index contributed by atoms with van der Waals surface area (Å²) in [6, 6.07) is 5.40. The lowest BCUT2D eigenvalue weighted by Gasteiger charge is -1.99. The maximum absolute atomic E-state index is 5.93. The lowest BCUT2D eigenvalue weighted by molar-refractivity contribution is 0.420. The fourth-order valence-corrected chi connectivity index (χ4v) is 1.98. The first-order chi connectivity index (χ1) is 8.06. The normalized spacial score (nSPS) is 12.7. The van der Waals surface area contributed by atoms with Crippen molar-refractivity contribution in [3.05, 3.63) is 33.5 Å². The van der Waals surface area contributed by atoms with Crippen LogP contribution in [0.1, 0.15) is 12.7 Å². The molecule has 1 unspecified atom stereocenters. The van der Waals surface area contributed by atoms with Crippen LogP contribution in [0.3, 0.4) is 0 Å². The average Bonchev–Trinajstić information content (AvgIpc) is 2.69. The first-order valence-corrected chi connectivity index (χ1v) is 6.27. The highest BCUT2D eigenvalue weighted by Crippen LogP contribution is 2.29. The molecule has 4 nitrogen and oxygen atoms in total. The average molecular weight is 317 g/mol. The molecular weight excluding hydrogens is 305 g/mol. The Bertz CT molecular complexity index is 527.